The zero-order valence-corrected chi connectivity index (χ0v) is 14.1. The molecule has 0 bridgehead atoms. The van der Waals surface area contributed by atoms with Gasteiger partial charge in [0, 0.05) is 28.9 Å². The van der Waals surface area contributed by atoms with Crippen LogP contribution >= 0.6 is 11.8 Å². The molecule has 1 aromatic carbocycles. The Labute approximate surface area is 142 Å². The van der Waals surface area contributed by atoms with E-state index < -0.39 is 0 Å². The number of aromatic amines is 1. The molecule has 4 aromatic rings. The standard InChI is InChI=1S/C17H15N5OS/c1-10-7-11(2)19-17(18-10)24-9-12-8-15(23)22-14-6-4-3-5-13(14)21-16(22)20-12/h3-8H,9H2,1-2H3,(H,20,21). The van der Waals surface area contributed by atoms with Gasteiger partial charge in [0.15, 0.2) is 5.16 Å². The van der Waals surface area contributed by atoms with Crippen molar-refractivity contribution in [2.24, 2.45) is 0 Å². The summed E-state index contributed by atoms with van der Waals surface area (Å²) >= 11 is 1.50. The van der Waals surface area contributed by atoms with Gasteiger partial charge in [0.25, 0.3) is 5.56 Å². The van der Waals surface area contributed by atoms with Crippen LogP contribution in [0.1, 0.15) is 17.1 Å². The number of nitrogens with zero attached hydrogens (tertiary/aromatic N) is 4. The molecule has 0 saturated heterocycles. The van der Waals surface area contributed by atoms with Gasteiger partial charge in [-0.05, 0) is 32.0 Å². The second kappa shape index (κ2) is 5.76. The highest BCUT2D eigenvalue weighted by molar-refractivity contribution is 7.98. The van der Waals surface area contributed by atoms with Crippen LogP contribution in [0.5, 0.6) is 0 Å². The minimum Gasteiger partial charge on any atom is -0.328 e. The van der Waals surface area contributed by atoms with Gasteiger partial charge in [0.1, 0.15) is 0 Å². The highest BCUT2D eigenvalue weighted by Gasteiger charge is 2.09. The molecule has 7 heteroatoms. The summed E-state index contributed by atoms with van der Waals surface area (Å²) < 4.78 is 1.59. The van der Waals surface area contributed by atoms with Gasteiger partial charge in [-0.25, -0.2) is 19.4 Å². The van der Waals surface area contributed by atoms with Crippen LogP contribution in [0.2, 0.25) is 0 Å². The van der Waals surface area contributed by atoms with Crippen LogP contribution in [-0.4, -0.2) is 24.3 Å². The fourth-order valence-corrected chi connectivity index (χ4v) is 3.56. The molecular weight excluding hydrogens is 322 g/mol. The Hall–Kier alpha value is -2.67. The summed E-state index contributed by atoms with van der Waals surface area (Å²) in [4.78, 5) is 29.0. The van der Waals surface area contributed by atoms with Crippen molar-refractivity contribution in [1.82, 2.24) is 24.3 Å². The van der Waals surface area contributed by atoms with Crippen LogP contribution in [-0.2, 0) is 5.75 Å². The van der Waals surface area contributed by atoms with Crippen LogP contribution in [0.3, 0.4) is 0 Å². The maximum absolute atomic E-state index is 12.5. The van der Waals surface area contributed by atoms with Crippen molar-refractivity contribution in [3.63, 3.8) is 0 Å². The van der Waals surface area contributed by atoms with Crippen molar-refractivity contribution in [1.29, 1.82) is 0 Å². The average molecular weight is 337 g/mol. The van der Waals surface area contributed by atoms with Crippen LogP contribution in [0.25, 0.3) is 16.8 Å². The normalized spacial score (nSPS) is 11.4. The first-order valence-corrected chi connectivity index (χ1v) is 8.53. The number of aromatic nitrogens is 5. The molecule has 0 unspecified atom stereocenters. The number of hydrogen-bond acceptors (Lipinski definition) is 5. The molecule has 3 heterocycles. The Kier molecular flexibility index (Phi) is 3.57. The quantitative estimate of drug-likeness (QED) is 0.459. The lowest BCUT2D eigenvalue weighted by Crippen LogP contribution is -2.14. The van der Waals surface area contributed by atoms with Gasteiger partial charge in [-0.15, -0.1) is 0 Å². The van der Waals surface area contributed by atoms with E-state index >= 15 is 0 Å². The highest BCUT2D eigenvalue weighted by atomic mass is 32.2. The predicted molar refractivity (Wildman–Crippen MR) is 94.4 cm³/mol. The fourth-order valence-electron chi connectivity index (χ4n) is 2.70. The topological polar surface area (TPSA) is 75.9 Å². The number of fused-ring (bicyclic) bond motifs is 3. The van der Waals surface area contributed by atoms with Crippen LogP contribution < -0.4 is 5.56 Å². The van der Waals surface area contributed by atoms with E-state index in [9.17, 15) is 4.79 Å². The average Bonchev–Trinajstić information content (AvgIpc) is 2.91. The largest absolute Gasteiger partial charge is 0.328 e. The summed E-state index contributed by atoms with van der Waals surface area (Å²) in [7, 11) is 0. The Morgan fingerprint density at radius 2 is 1.83 bits per heavy atom. The van der Waals surface area contributed by atoms with Gasteiger partial charge in [-0.3, -0.25) is 4.79 Å². The Bertz CT molecular complexity index is 1090. The molecule has 0 aliphatic heterocycles. The van der Waals surface area contributed by atoms with E-state index in [2.05, 4.69) is 19.9 Å². The minimum atomic E-state index is -0.0885. The number of rotatable bonds is 3. The van der Waals surface area contributed by atoms with E-state index in [1.165, 1.54) is 11.8 Å². The number of benzene rings is 1. The van der Waals surface area contributed by atoms with Gasteiger partial charge >= 0.3 is 0 Å². The lowest BCUT2D eigenvalue weighted by molar-refractivity contribution is 0.900. The lowest BCUT2D eigenvalue weighted by Gasteiger charge is -2.04. The number of thioether (sulfide) groups is 1. The van der Waals surface area contributed by atoms with Gasteiger partial charge in [0.2, 0.25) is 5.78 Å². The minimum absolute atomic E-state index is 0.0885. The summed E-state index contributed by atoms with van der Waals surface area (Å²) in [6.07, 6.45) is 0. The van der Waals surface area contributed by atoms with Gasteiger partial charge in [-0.1, -0.05) is 23.9 Å². The van der Waals surface area contributed by atoms with Crippen LogP contribution in [0.4, 0.5) is 0 Å². The number of hydrogen-bond donors (Lipinski definition) is 1. The second-order valence-corrected chi connectivity index (χ2v) is 6.56. The molecule has 24 heavy (non-hydrogen) atoms. The molecule has 0 atom stereocenters. The van der Waals surface area contributed by atoms with E-state index in [4.69, 9.17) is 0 Å². The van der Waals surface area contributed by atoms with E-state index in [0.717, 1.165) is 28.1 Å². The molecule has 0 saturated carbocycles. The molecule has 0 spiro atoms. The number of H-pyrrole nitrogens is 1. The third-order valence-electron chi connectivity index (χ3n) is 3.67. The first-order chi connectivity index (χ1) is 11.6. The number of aryl methyl sites for hydroxylation is 2. The van der Waals surface area contributed by atoms with Gasteiger partial charge in [0.05, 0.1) is 11.0 Å². The van der Waals surface area contributed by atoms with E-state index in [-0.39, 0.29) is 5.56 Å². The summed E-state index contributed by atoms with van der Waals surface area (Å²) in [6.45, 7) is 3.89. The molecule has 120 valence electrons. The smallest absolute Gasteiger partial charge is 0.259 e. The van der Waals surface area contributed by atoms with E-state index in [0.29, 0.717) is 16.7 Å². The van der Waals surface area contributed by atoms with E-state index in [1.807, 2.05) is 44.2 Å². The first kappa shape index (κ1) is 14.9. The second-order valence-electron chi connectivity index (χ2n) is 5.61. The van der Waals surface area contributed by atoms with Crippen molar-refractivity contribution in [3.8, 4) is 0 Å². The van der Waals surface area contributed by atoms with Crippen molar-refractivity contribution >= 4 is 28.6 Å². The zero-order chi connectivity index (χ0) is 16.7. The highest BCUT2D eigenvalue weighted by Crippen LogP contribution is 2.19. The van der Waals surface area contributed by atoms with Gasteiger partial charge < -0.3 is 4.98 Å². The summed E-state index contributed by atoms with van der Waals surface area (Å²) in [5, 5.41) is 0.710. The number of imidazole rings is 1. The molecule has 0 fully saturated rings. The van der Waals surface area contributed by atoms with Gasteiger partial charge in [-0.2, -0.15) is 0 Å². The van der Waals surface area contributed by atoms with Crippen molar-refractivity contribution in [2.75, 3.05) is 0 Å². The number of para-hydroxylation sites is 2. The molecule has 0 radical (unpaired) electrons. The maximum atomic E-state index is 12.5. The van der Waals surface area contributed by atoms with Crippen molar-refractivity contribution < 1.29 is 0 Å². The molecule has 0 aliphatic carbocycles. The molecule has 0 amide bonds. The third-order valence-corrected chi connectivity index (χ3v) is 4.57. The Morgan fingerprint density at radius 1 is 1.08 bits per heavy atom. The molecule has 6 nitrogen and oxygen atoms in total. The first-order valence-electron chi connectivity index (χ1n) is 7.54. The van der Waals surface area contributed by atoms with E-state index in [1.54, 1.807) is 10.5 Å². The predicted octanol–water partition coefficient (Wildman–Crippen LogP) is 2.87. The fraction of sp³-hybridized carbons (Fsp3) is 0.176. The van der Waals surface area contributed by atoms with Crippen molar-refractivity contribution in [3.05, 3.63) is 63.8 Å². The summed E-state index contributed by atoms with van der Waals surface area (Å²) in [5.41, 5.74) is 4.20. The third kappa shape index (κ3) is 2.67. The zero-order valence-electron chi connectivity index (χ0n) is 13.3. The molecule has 4 rings (SSSR count). The number of nitrogens with one attached hydrogen (secondary N) is 1. The molecule has 3 aromatic heterocycles. The molecule has 1 N–H and O–H groups in total. The summed E-state index contributed by atoms with van der Waals surface area (Å²) in [6, 6.07) is 11.1. The Morgan fingerprint density at radius 3 is 2.62 bits per heavy atom. The Balaban J connectivity index is 1.70. The monoisotopic (exact) mass is 337 g/mol. The molecule has 0 aliphatic rings. The summed E-state index contributed by atoms with van der Waals surface area (Å²) in [5.74, 6) is 1.14. The SMILES string of the molecule is Cc1cc(C)nc(SCc2cc(=O)n3c(nc4ccccc43)[nH]2)n1. The molecular formula is C17H15N5OS. The van der Waals surface area contributed by atoms with Crippen LogP contribution in [0.15, 0.2) is 46.3 Å². The lowest BCUT2D eigenvalue weighted by atomic mass is 10.3. The van der Waals surface area contributed by atoms with Crippen molar-refractivity contribution in [2.45, 2.75) is 24.8 Å². The maximum Gasteiger partial charge on any atom is 0.259 e. The van der Waals surface area contributed by atoms with Crippen LogP contribution in [0, 0.1) is 13.8 Å².